The lowest BCUT2D eigenvalue weighted by atomic mass is 10.1. The van der Waals surface area contributed by atoms with E-state index in [2.05, 4.69) is 9.97 Å². The van der Waals surface area contributed by atoms with E-state index in [-0.39, 0.29) is 12.0 Å². The Kier molecular flexibility index (Phi) is 4.28. The van der Waals surface area contributed by atoms with Crippen LogP contribution in [0.25, 0.3) is 5.78 Å². The van der Waals surface area contributed by atoms with Gasteiger partial charge in [-0.3, -0.25) is 9.20 Å². The topological polar surface area (TPSA) is 59.7 Å². The summed E-state index contributed by atoms with van der Waals surface area (Å²) in [4.78, 5) is 22.9. The Hall–Kier alpha value is -2.60. The van der Waals surface area contributed by atoms with Gasteiger partial charge in [0.05, 0.1) is 0 Å². The van der Waals surface area contributed by atoms with E-state index in [0.29, 0.717) is 29.6 Å². The van der Waals surface area contributed by atoms with Crippen molar-refractivity contribution in [2.45, 2.75) is 18.9 Å². The van der Waals surface area contributed by atoms with Crippen molar-refractivity contribution in [3.05, 3.63) is 59.6 Å². The molecule has 0 atom stereocenters. The van der Waals surface area contributed by atoms with Crippen LogP contribution in [0.1, 0.15) is 23.3 Å². The molecule has 0 bridgehead atoms. The van der Waals surface area contributed by atoms with Crippen molar-refractivity contribution >= 4 is 23.3 Å². The van der Waals surface area contributed by atoms with Crippen molar-refractivity contribution in [3.8, 4) is 5.75 Å². The van der Waals surface area contributed by atoms with Crippen LogP contribution in [0.4, 0.5) is 0 Å². The number of halogens is 1. The number of fused-ring (bicyclic) bond motifs is 1. The Bertz CT molecular complexity index is 852. The molecule has 1 aliphatic heterocycles. The van der Waals surface area contributed by atoms with Gasteiger partial charge in [-0.2, -0.15) is 0 Å². The predicted molar refractivity (Wildman–Crippen MR) is 94.0 cm³/mol. The minimum atomic E-state index is -0.0598. The second kappa shape index (κ2) is 6.72. The average Bonchev–Trinajstić information content (AvgIpc) is 3.08. The van der Waals surface area contributed by atoms with E-state index in [0.717, 1.165) is 18.6 Å². The van der Waals surface area contributed by atoms with Crippen molar-refractivity contribution in [2.24, 2.45) is 0 Å². The monoisotopic (exact) mass is 356 g/mol. The first-order valence-corrected chi connectivity index (χ1v) is 8.58. The van der Waals surface area contributed by atoms with Crippen molar-refractivity contribution < 1.29 is 9.53 Å². The molecule has 128 valence electrons. The third-order valence-corrected chi connectivity index (χ3v) is 4.55. The Balaban J connectivity index is 1.37. The lowest BCUT2D eigenvalue weighted by molar-refractivity contribution is 0.0591. The molecule has 0 N–H and O–H groups in total. The highest BCUT2D eigenvalue weighted by molar-refractivity contribution is 6.30. The lowest BCUT2D eigenvalue weighted by Gasteiger charge is -2.31. The molecule has 0 spiro atoms. The number of hydrogen-bond donors (Lipinski definition) is 0. The van der Waals surface area contributed by atoms with Crippen molar-refractivity contribution in [3.63, 3.8) is 0 Å². The van der Waals surface area contributed by atoms with Gasteiger partial charge < -0.3 is 9.64 Å². The summed E-state index contributed by atoms with van der Waals surface area (Å²) in [7, 11) is 0. The van der Waals surface area contributed by atoms with Crippen LogP contribution >= 0.6 is 11.6 Å². The molecule has 25 heavy (non-hydrogen) atoms. The zero-order chi connectivity index (χ0) is 17.2. The molecule has 3 heterocycles. The largest absolute Gasteiger partial charge is 0.490 e. The SMILES string of the molecule is O=C(c1cn2cccnc2n1)N1CCC(Oc2ccc(Cl)cc2)CC1. The van der Waals surface area contributed by atoms with E-state index in [1.807, 2.05) is 41.4 Å². The number of amides is 1. The predicted octanol–water partition coefficient (Wildman–Crippen LogP) is 3.07. The molecule has 0 aliphatic carbocycles. The van der Waals surface area contributed by atoms with E-state index in [4.69, 9.17) is 16.3 Å². The zero-order valence-electron chi connectivity index (χ0n) is 13.5. The van der Waals surface area contributed by atoms with E-state index < -0.39 is 0 Å². The van der Waals surface area contributed by atoms with Crippen LogP contribution in [0.2, 0.25) is 5.02 Å². The number of nitrogens with zero attached hydrogens (tertiary/aromatic N) is 4. The Morgan fingerprint density at radius 1 is 1.20 bits per heavy atom. The summed E-state index contributed by atoms with van der Waals surface area (Å²) in [5.41, 5.74) is 0.427. The molecular weight excluding hydrogens is 340 g/mol. The number of hydrogen-bond acceptors (Lipinski definition) is 4. The number of rotatable bonds is 3. The molecule has 1 fully saturated rings. The normalized spacial score (nSPS) is 15.5. The summed E-state index contributed by atoms with van der Waals surface area (Å²) in [6.45, 7) is 1.30. The highest BCUT2D eigenvalue weighted by atomic mass is 35.5. The third kappa shape index (κ3) is 3.44. The summed E-state index contributed by atoms with van der Waals surface area (Å²) >= 11 is 5.88. The molecule has 7 heteroatoms. The fourth-order valence-corrected chi connectivity index (χ4v) is 3.10. The first-order chi connectivity index (χ1) is 12.2. The molecule has 1 aliphatic rings. The summed E-state index contributed by atoms with van der Waals surface area (Å²) in [6.07, 6.45) is 6.91. The van der Waals surface area contributed by atoms with Crippen LogP contribution in [0.3, 0.4) is 0 Å². The second-order valence-corrected chi connectivity index (χ2v) is 6.45. The van der Waals surface area contributed by atoms with Crippen molar-refractivity contribution in [1.82, 2.24) is 19.3 Å². The number of benzene rings is 1. The Morgan fingerprint density at radius 3 is 2.68 bits per heavy atom. The van der Waals surface area contributed by atoms with E-state index in [9.17, 15) is 4.79 Å². The van der Waals surface area contributed by atoms with Crippen molar-refractivity contribution in [1.29, 1.82) is 0 Å². The summed E-state index contributed by atoms with van der Waals surface area (Å²) in [5, 5.41) is 0.690. The van der Waals surface area contributed by atoms with Gasteiger partial charge in [0.1, 0.15) is 17.5 Å². The van der Waals surface area contributed by atoms with Gasteiger partial charge in [-0.1, -0.05) is 11.6 Å². The minimum Gasteiger partial charge on any atom is -0.490 e. The van der Waals surface area contributed by atoms with Gasteiger partial charge in [-0.05, 0) is 30.3 Å². The summed E-state index contributed by atoms with van der Waals surface area (Å²) in [6, 6.07) is 9.16. The summed E-state index contributed by atoms with van der Waals surface area (Å²) in [5.74, 6) is 1.28. The molecule has 1 saturated heterocycles. The minimum absolute atomic E-state index is 0.0598. The molecule has 0 saturated carbocycles. The van der Waals surface area contributed by atoms with Gasteiger partial charge in [0.2, 0.25) is 5.78 Å². The Labute approximate surface area is 150 Å². The third-order valence-electron chi connectivity index (χ3n) is 4.30. The maximum atomic E-state index is 12.6. The van der Waals surface area contributed by atoms with Crippen LogP contribution in [-0.4, -0.2) is 44.4 Å². The quantitative estimate of drug-likeness (QED) is 0.723. The standard InChI is InChI=1S/C18H17ClN4O2/c19-13-2-4-14(5-3-13)25-15-6-10-22(11-7-15)17(24)16-12-23-9-1-8-20-18(23)21-16/h1-5,8-9,12,15H,6-7,10-11H2. The first-order valence-electron chi connectivity index (χ1n) is 8.20. The molecule has 1 amide bonds. The van der Waals surface area contributed by atoms with Crippen LogP contribution in [-0.2, 0) is 0 Å². The van der Waals surface area contributed by atoms with Gasteiger partial charge >= 0.3 is 0 Å². The smallest absolute Gasteiger partial charge is 0.274 e. The van der Waals surface area contributed by atoms with Crippen molar-refractivity contribution in [2.75, 3.05) is 13.1 Å². The van der Waals surface area contributed by atoms with Gasteiger partial charge in [0.25, 0.3) is 5.91 Å². The molecule has 6 nitrogen and oxygen atoms in total. The fraction of sp³-hybridized carbons (Fsp3) is 0.278. The fourth-order valence-electron chi connectivity index (χ4n) is 2.98. The number of ether oxygens (including phenoxy) is 1. The molecule has 0 unspecified atom stereocenters. The number of aromatic nitrogens is 3. The van der Waals surface area contributed by atoms with E-state index in [1.165, 1.54) is 0 Å². The van der Waals surface area contributed by atoms with Gasteiger partial charge in [0, 0.05) is 49.5 Å². The number of imidazole rings is 1. The molecule has 3 aromatic rings. The molecule has 0 radical (unpaired) electrons. The highest BCUT2D eigenvalue weighted by Gasteiger charge is 2.26. The van der Waals surface area contributed by atoms with E-state index in [1.54, 1.807) is 16.8 Å². The second-order valence-electron chi connectivity index (χ2n) is 6.02. The molecule has 2 aromatic heterocycles. The highest BCUT2D eigenvalue weighted by Crippen LogP contribution is 2.21. The Morgan fingerprint density at radius 2 is 1.96 bits per heavy atom. The molecular formula is C18H17ClN4O2. The van der Waals surface area contributed by atoms with Gasteiger partial charge in [-0.25, -0.2) is 9.97 Å². The average molecular weight is 357 g/mol. The van der Waals surface area contributed by atoms with Crippen LogP contribution in [0.15, 0.2) is 48.9 Å². The number of carbonyl (C=O) groups excluding carboxylic acids is 1. The molecule has 1 aromatic carbocycles. The number of piperidine rings is 1. The maximum Gasteiger partial charge on any atom is 0.274 e. The molecule has 4 rings (SSSR count). The first kappa shape index (κ1) is 15.9. The van der Waals surface area contributed by atoms with E-state index >= 15 is 0 Å². The van der Waals surface area contributed by atoms with Gasteiger partial charge in [-0.15, -0.1) is 0 Å². The van der Waals surface area contributed by atoms with Gasteiger partial charge in [0.15, 0.2) is 0 Å². The number of likely N-dealkylation sites (tertiary alicyclic amines) is 1. The lowest BCUT2D eigenvalue weighted by Crippen LogP contribution is -2.41. The van der Waals surface area contributed by atoms with Crippen LogP contribution in [0.5, 0.6) is 5.75 Å². The van der Waals surface area contributed by atoms with Crippen LogP contribution < -0.4 is 4.74 Å². The number of carbonyl (C=O) groups is 1. The summed E-state index contributed by atoms with van der Waals surface area (Å²) < 4.78 is 7.72. The zero-order valence-corrected chi connectivity index (χ0v) is 14.3. The van der Waals surface area contributed by atoms with Crippen LogP contribution in [0, 0.1) is 0 Å². The maximum absolute atomic E-state index is 12.6.